The summed E-state index contributed by atoms with van der Waals surface area (Å²) in [5, 5.41) is 24.9. The molecule has 140 valence electrons. The standard InChI is InChI=1S/C18H16ClN3O5/c19-15-7-2-1-6-14(15)17(24)21-16(18(25)20-8-9-23)11-12-4-3-5-13(10-12)22(26)27/h1-7,10-11,23H,8-9H2,(H,20,25)(H,21,24)/b16-11+. The van der Waals surface area contributed by atoms with E-state index in [1.165, 1.54) is 36.4 Å². The van der Waals surface area contributed by atoms with Gasteiger partial charge in [-0.3, -0.25) is 19.7 Å². The van der Waals surface area contributed by atoms with Gasteiger partial charge < -0.3 is 15.7 Å². The largest absolute Gasteiger partial charge is 0.395 e. The first kappa shape index (κ1) is 20.1. The van der Waals surface area contributed by atoms with Crippen LogP contribution in [-0.2, 0) is 4.79 Å². The van der Waals surface area contributed by atoms with Crippen molar-refractivity contribution in [2.24, 2.45) is 0 Å². The van der Waals surface area contributed by atoms with E-state index in [4.69, 9.17) is 16.7 Å². The normalized spacial score (nSPS) is 11.0. The number of nitro groups is 1. The molecule has 2 aromatic carbocycles. The lowest BCUT2D eigenvalue weighted by atomic mass is 10.1. The molecule has 0 spiro atoms. The Kier molecular flexibility index (Phi) is 7.04. The van der Waals surface area contributed by atoms with Crippen LogP contribution in [0.3, 0.4) is 0 Å². The first-order chi connectivity index (χ1) is 12.9. The summed E-state index contributed by atoms with van der Waals surface area (Å²) in [7, 11) is 0. The van der Waals surface area contributed by atoms with E-state index in [0.29, 0.717) is 5.56 Å². The summed E-state index contributed by atoms with van der Waals surface area (Å²) in [6.45, 7) is -0.304. The third-order valence-corrected chi connectivity index (χ3v) is 3.73. The smallest absolute Gasteiger partial charge is 0.270 e. The topological polar surface area (TPSA) is 122 Å². The van der Waals surface area contributed by atoms with Gasteiger partial charge in [-0.1, -0.05) is 35.9 Å². The Morgan fingerprint density at radius 1 is 1.19 bits per heavy atom. The van der Waals surface area contributed by atoms with Crippen molar-refractivity contribution in [3.05, 3.63) is 80.5 Å². The first-order valence-corrected chi connectivity index (χ1v) is 8.21. The number of benzene rings is 2. The van der Waals surface area contributed by atoms with Gasteiger partial charge in [-0.25, -0.2) is 0 Å². The number of carbonyl (C=O) groups excluding carboxylic acids is 2. The number of amides is 2. The van der Waals surface area contributed by atoms with Crippen LogP contribution in [0.2, 0.25) is 5.02 Å². The Bertz CT molecular complexity index is 898. The van der Waals surface area contributed by atoms with E-state index in [1.807, 2.05) is 0 Å². The second-order valence-electron chi connectivity index (χ2n) is 5.32. The average Bonchev–Trinajstić information content (AvgIpc) is 2.66. The predicted octanol–water partition coefficient (Wildman–Crippen LogP) is 2.13. The number of rotatable bonds is 7. The maximum absolute atomic E-state index is 12.4. The molecule has 8 nitrogen and oxygen atoms in total. The van der Waals surface area contributed by atoms with Gasteiger partial charge in [-0.2, -0.15) is 0 Å². The lowest BCUT2D eigenvalue weighted by Gasteiger charge is -2.11. The zero-order valence-corrected chi connectivity index (χ0v) is 14.8. The quantitative estimate of drug-likeness (QED) is 0.380. The molecule has 0 heterocycles. The summed E-state index contributed by atoms with van der Waals surface area (Å²) in [6.07, 6.45) is 1.30. The Hall–Kier alpha value is -3.23. The summed E-state index contributed by atoms with van der Waals surface area (Å²) in [6, 6.07) is 11.9. The van der Waals surface area contributed by atoms with E-state index in [9.17, 15) is 19.7 Å². The molecule has 2 rings (SSSR count). The lowest BCUT2D eigenvalue weighted by Crippen LogP contribution is -2.36. The van der Waals surface area contributed by atoms with E-state index >= 15 is 0 Å². The molecule has 0 fully saturated rings. The first-order valence-electron chi connectivity index (χ1n) is 7.83. The van der Waals surface area contributed by atoms with Crippen molar-refractivity contribution >= 4 is 35.2 Å². The van der Waals surface area contributed by atoms with Crippen LogP contribution in [-0.4, -0.2) is 35.0 Å². The minimum absolute atomic E-state index is 0.0208. The number of halogens is 1. The molecule has 0 saturated heterocycles. The minimum atomic E-state index is -0.657. The zero-order valence-electron chi connectivity index (χ0n) is 14.0. The van der Waals surface area contributed by atoms with Crippen molar-refractivity contribution in [1.82, 2.24) is 10.6 Å². The number of aliphatic hydroxyl groups excluding tert-OH is 1. The molecule has 0 saturated carbocycles. The molecule has 0 radical (unpaired) electrons. The molecule has 2 aromatic rings. The molecule has 0 aliphatic carbocycles. The van der Waals surface area contributed by atoms with Crippen molar-refractivity contribution in [3.63, 3.8) is 0 Å². The predicted molar refractivity (Wildman–Crippen MR) is 100 cm³/mol. The third kappa shape index (κ3) is 5.63. The van der Waals surface area contributed by atoms with Crippen molar-refractivity contribution in [2.75, 3.05) is 13.2 Å². The molecule has 0 aliphatic heterocycles. The van der Waals surface area contributed by atoms with Gasteiger partial charge in [0.15, 0.2) is 0 Å². The van der Waals surface area contributed by atoms with E-state index in [-0.39, 0.29) is 35.1 Å². The maximum atomic E-state index is 12.4. The van der Waals surface area contributed by atoms with Gasteiger partial charge in [0.1, 0.15) is 5.70 Å². The summed E-state index contributed by atoms with van der Waals surface area (Å²) >= 11 is 5.99. The fourth-order valence-corrected chi connectivity index (χ4v) is 2.37. The fourth-order valence-electron chi connectivity index (χ4n) is 2.15. The number of carbonyl (C=O) groups is 2. The summed E-state index contributed by atoms with van der Waals surface area (Å²) in [4.78, 5) is 35.1. The van der Waals surface area contributed by atoms with Crippen molar-refractivity contribution < 1.29 is 19.6 Å². The highest BCUT2D eigenvalue weighted by atomic mass is 35.5. The fraction of sp³-hybridized carbons (Fsp3) is 0.111. The van der Waals surface area contributed by atoms with Crippen LogP contribution in [0.25, 0.3) is 6.08 Å². The van der Waals surface area contributed by atoms with Gasteiger partial charge in [0, 0.05) is 18.7 Å². The van der Waals surface area contributed by atoms with Gasteiger partial charge in [0.05, 0.1) is 22.1 Å². The van der Waals surface area contributed by atoms with Gasteiger partial charge in [-0.15, -0.1) is 0 Å². The SMILES string of the molecule is O=C(NCCO)/C(=C\c1cccc([N+](=O)[O-])c1)NC(=O)c1ccccc1Cl. The number of nitro benzene ring substituents is 1. The second kappa shape index (κ2) is 9.46. The highest BCUT2D eigenvalue weighted by molar-refractivity contribution is 6.34. The maximum Gasteiger partial charge on any atom is 0.270 e. The number of nitrogens with one attached hydrogen (secondary N) is 2. The van der Waals surface area contributed by atoms with E-state index < -0.39 is 16.7 Å². The van der Waals surface area contributed by atoms with Crippen LogP contribution in [0.1, 0.15) is 15.9 Å². The molecule has 0 aliphatic rings. The van der Waals surface area contributed by atoms with Gasteiger partial charge in [0.2, 0.25) is 0 Å². The molecule has 0 atom stereocenters. The number of nitrogens with zero attached hydrogens (tertiary/aromatic N) is 1. The average molecular weight is 390 g/mol. The number of hydrogen-bond donors (Lipinski definition) is 3. The Morgan fingerprint density at radius 3 is 2.59 bits per heavy atom. The molecule has 0 aromatic heterocycles. The van der Waals surface area contributed by atoms with Gasteiger partial charge in [-0.05, 0) is 23.8 Å². The van der Waals surface area contributed by atoms with Crippen molar-refractivity contribution in [3.8, 4) is 0 Å². The van der Waals surface area contributed by atoms with Crippen LogP contribution in [0.15, 0.2) is 54.2 Å². The highest BCUT2D eigenvalue weighted by Crippen LogP contribution is 2.17. The minimum Gasteiger partial charge on any atom is -0.395 e. The number of hydrogen-bond acceptors (Lipinski definition) is 5. The van der Waals surface area contributed by atoms with Gasteiger partial charge >= 0.3 is 0 Å². The summed E-state index contributed by atoms with van der Waals surface area (Å²) < 4.78 is 0. The molecule has 3 N–H and O–H groups in total. The van der Waals surface area contributed by atoms with Crippen molar-refractivity contribution in [2.45, 2.75) is 0 Å². The third-order valence-electron chi connectivity index (χ3n) is 3.40. The number of aliphatic hydroxyl groups is 1. The summed E-state index contributed by atoms with van der Waals surface area (Å²) in [5.74, 6) is -1.27. The Labute approximate surface area is 159 Å². The van der Waals surface area contributed by atoms with E-state index in [2.05, 4.69) is 10.6 Å². The molecule has 0 bridgehead atoms. The van der Waals surface area contributed by atoms with Crippen LogP contribution in [0.4, 0.5) is 5.69 Å². The van der Waals surface area contributed by atoms with Crippen LogP contribution in [0.5, 0.6) is 0 Å². The summed E-state index contributed by atoms with van der Waals surface area (Å²) in [5.41, 5.74) is 0.210. The molecule has 0 unspecified atom stereocenters. The Balaban J connectivity index is 2.35. The van der Waals surface area contributed by atoms with Crippen LogP contribution < -0.4 is 10.6 Å². The number of non-ortho nitro benzene ring substituents is 1. The molecule has 2 amide bonds. The van der Waals surface area contributed by atoms with E-state index in [1.54, 1.807) is 18.2 Å². The molecule has 9 heteroatoms. The lowest BCUT2D eigenvalue weighted by molar-refractivity contribution is -0.384. The van der Waals surface area contributed by atoms with Crippen LogP contribution in [0, 0.1) is 10.1 Å². The second-order valence-corrected chi connectivity index (χ2v) is 5.73. The van der Waals surface area contributed by atoms with E-state index in [0.717, 1.165) is 0 Å². The van der Waals surface area contributed by atoms with Gasteiger partial charge in [0.25, 0.3) is 17.5 Å². The van der Waals surface area contributed by atoms with Crippen LogP contribution >= 0.6 is 11.6 Å². The monoisotopic (exact) mass is 389 g/mol. The highest BCUT2D eigenvalue weighted by Gasteiger charge is 2.16. The molecular formula is C18H16ClN3O5. The molecular weight excluding hydrogens is 374 g/mol. The van der Waals surface area contributed by atoms with Crippen molar-refractivity contribution in [1.29, 1.82) is 0 Å². The zero-order chi connectivity index (χ0) is 19.8. The Morgan fingerprint density at radius 2 is 1.93 bits per heavy atom. The molecule has 27 heavy (non-hydrogen) atoms.